The fraction of sp³-hybridized carbons (Fsp3) is 1.00. The molecule has 0 aromatic carbocycles. The van der Waals surface area contributed by atoms with E-state index in [4.69, 9.17) is 0 Å². The predicted octanol–water partition coefficient (Wildman–Crippen LogP) is 3.44. The van der Waals surface area contributed by atoms with Crippen LogP contribution in [-0.2, 0) is 0 Å². The summed E-state index contributed by atoms with van der Waals surface area (Å²) in [5.41, 5.74) is 0. The van der Waals surface area contributed by atoms with Crippen molar-refractivity contribution in [1.82, 2.24) is 4.90 Å². The Morgan fingerprint density at radius 3 is 2.08 bits per heavy atom. The molecule has 0 aromatic rings. The fourth-order valence-corrected chi connectivity index (χ4v) is 2.13. The lowest BCUT2D eigenvalue weighted by Crippen LogP contribution is -2.29. The zero-order chi connectivity index (χ0) is 9.52. The van der Waals surface area contributed by atoms with Crippen LogP contribution in [0, 0.1) is 0 Å². The summed E-state index contributed by atoms with van der Waals surface area (Å²) in [6.45, 7) is 3.68. The van der Waals surface area contributed by atoms with Gasteiger partial charge in [-0.15, -0.1) is 0 Å². The minimum atomic E-state index is 0.804. The third-order valence-corrected chi connectivity index (χ3v) is 3.39. The molecule has 1 fully saturated rings. The van der Waals surface area contributed by atoms with Crippen LogP contribution in [0.2, 0.25) is 0 Å². The highest BCUT2D eigenvalue weighted by Gasteiger charge is 2.08. The van der Waals surface area contributed by atoms with Gasteiger partial charge >= 0.3 is 0 Å². The van der Waals surface area contributed by atoms with E-state index in [2.05, 4.69) is 18.9 Å². The van der Waals surface area contributed by atoms with Crippen LogP contribution in [0.4, 0.5) is 0 Å². The molecule has 0 spiro atoms. The van der Waals surface area contributed by atoms with Crippen LogP contribution in [-0.4, -0.2) is 24.5 Å². The maximum atomic E-state index is 2.53. The lowest BCUT2D eigenvalue weighted by molar-refractivity contribution is 0.239. The maximum absolute atomic E-state index is 2.53. The van der Waals surface area contributed by atoms with Crippen LogP contribution < -0.4 is 0 Å². The average Bonchev–Trinajstić information content (AvgIpc) is 2.16. The topological polar surface area (TPSA) is 3.24 Å². The Morgan fingerprint density at radius 1 is 0.846 bits per heavy atom. The Morgan fingerprint density at radius 2 is 1.38 bits per heavy atom. The normalized spacial score (nSPS) is 29.5. The predicted molar refractivity (Wildman–Crippen MR) is 59.0 cm³/mol. The molecule has 1 heterocycles. The van der Waals surface area contributed by atoms with Crippen molar-refractivity contribution < 1.29 is 0 Å². The van der Waals surface area contributed by atoms with E-state index < -0.39 is 0 Å². The molecule has 1 aliphatic heterocycles. The molecule has 0 unspecified atom stereocenters. The molecule has 0 saturated carbocycles. The Bertz CT molecular complexity index is 108. The van der Waals surface area contributed by atoms with E-state index >= 15 is 0 Å². The summed E-state index contributed by atoms with van der Waals surface area (Å²) in [5, 5.41) is 0. The van der Waals surface area contributed by atoms with Crippen molar-refractivity contribution in [2.45, 2.75) is 64.3 Å². The third kappa shape index (κ3) is 4.66. The molecule has 13 heavy (non-hydrogen) atoms. The summed E-state index contributed by atoms with van der Waals surface area (Å²) >= 11 is 0. The van der Waals surface area contributed by atoms with Crippen molar-refractivity contribution in [2.24, 2.45) is 0 Å². The molecular weight excluding hydrogens is 158 g/mol. The summed E-state index contributed by atoms with van der Waals surface area (Å²) in [4.78, 5) is 2.53. The van der Waals surface area contributed by atoms with Gasteiger partial charge in [0.05, 0.1) is 0 Å². The Labute approximate surface area is 83.5 Å². The van der Waals surface area contributed by atoms with Crippen molar-refractivity contribution in [3.63, 3.8) is 0 Å². The van der Waals surface area contributed by atoms with Gasteiger partial charge in [0, 0.05) is 6.04 Å². The van der Waals surface area contributed by atoms with Crippen molar-refractivity contribution in [1.29, 1.82) is 0 Å². The van der Waals surface area contributed by atoms with Crippen LogP contribution in [0.3, 0.4) is 0 Å². The number of nitrogens with zero attached hydrogens (tertiary/aromatic N) is 1. The first-order chi connectivity index (χ1) is 6.30. The molecular formula is C12H25N. The SMILES string of the molecule is C[C@@H]1CCCCCCCCCN1C. The van der Waals surface area contributed by atoms with Gasteiger partial charge in [0.2, 0.25) is 0 Å². The maximum Gasteiger partial charge on any atom is 0.00638 e. The van der Waals surface area contributed by atoms with E-state index in [1.807, 2.05) is 0 Å². The second kappa shape index (κ2) is 6.42. The monoisotopic (exact) mass is 183 g/mol. The highest BCUT2D eigenvalue weighted by atomic mass is 15.1. The fourth-order valence-electron chi connectivity index (χ4n) is 2.13. The first-order valence-electron chi connectivity index (χ1n) is 6.01. The Hall–Kier alpha value is -0.0400. The third-order valence-electron chi connectivity index (χ3n) is 3.39. The van der Waals surface area contributed by atoms with Crippen molar-refractivity contribution in [3.8, 4) is 0 Å². The van der Waals surface area contributed by atoms with Gasteiger partial charge in [0.1, 0.15) is 0 Å². The average molecular weight is 183 g/mol. The van der Waals surface area contributed by atoms with Gasteiger partial charge < -0.3 is 4.90 Å². The molecule has 0 amide bonds. The van der Waals surface area contributed by atoms with E-state index in [9.17, 15) is 0 Å². The molecule has 1 heteroatoms. The lowest BCUT2D eigenvalue weighted by Gasteiger charge is -2.24. The van der Waals surface area contributed by atoms with Crippen LogP contribution in [0.1, 0.15) is 58.3 Å². The highest BCUT2D eigenvalue weighted by molar-refractivity contribution is 4.64. The standard InChI is InChI=1S/C12H25N/c1-12-10-8-6-4-3-5-7-9-11-13(12)2/h12H,3-11H2,1-2H3/t12-/m1/s1. The minimum absolute atomic E-state index is 0.804. The molecule has 1 nitrogen and oxygen atoms in total. The van der Waals surface area contributed by atoms with Crippen molar-refractivity contribution in [3.05, 3.63) is 0 Å². The molecule has 0 radical (unpaired) electrons. The largest absolute Gasteiger partial charge is 0.304 e. The highest BCUT2D eigenvalue weighted by Crippen LogP contribution is 2.14. The van der Waals surface area contributed by atoms with E-state index in [0.29, 0.717) is 0 Å². The second-order valence-corrected chi connectivity index (χ2v) is 4.59. The van der Waals surface area contributed by atoms with Crippen LogP contribution in [0.15, 0.2) is 0 Å². The number of hydrogen-bond acceptors (Lipinski definition) is 1. The van der Waals surface area contributed by atoms with Gasteiger partial charge in [0.15, 0.2) is 0 Å². The zero-order valence-corrected chi connectivity index (χ0v) is 9.39. The van der Waals surface area contributed by atoms with Gasteiger partial charge in [0.25, 0.3) is 0 Å². The summed E-state index contributed by atoms with van der Waals surface area (Å²) in [5.74, 6) is 0. The second-order valence-electron chi connectivity index (χ2n) is 4.59. The zero-order valence-electron chi connectivity index (χ0n) is 9.39. The molecule has 0 N–H and O–H groups in total. The summed E-state index contributed by atoms with van der Waals surface area (Å²) in [6, 6.07) is 0.804. The first-order valence-corrected chi connectivity index (χ1v) is 6.01. The molecule has 0 aliphatic carbocycles. The Kier molecular flexibility index (Phi) is 5.45. The molecule has 1 aliphatic rings. The van der Waals surface area contributed by atoms with Gasteiger partial charge in [-0.05, 0) is 33.4 Å². The van der Waals surface area contributed by atoms with Crippen molar-refractivity contribution in [2.75, 3.05) is 13.6 Å². The summed E-state index contributed by atoms with van der Waals surface area (Å²) < 4.78 is 0. The van der Waals surface area contributed by atoms with Crippen LogP contribution in [0.25, 0.3) is 0 Å². The molecule has 1 atom stereocenters. The van der Waals surface area contributed by atoms with Gasteiger partial charge in [-0.3, -0.25) is 0 Å². The van der Waals surface area contributed by atoms with Crippen LogP contribution >= 0.6 is 0 Å². The molecule has 78 valence electrons. The molecule has 1 saturated heterocycles. The van der Waals surface area contributed by atoms with Gasteiger partial charge in [-0.2, -0.15) is 0 Å². The van der Waals surface area contributed by atoms with E-state index in [0.717, 1.165) is 6.04 Å². The smallest absolute Gasteiger partial charge is 0.00638 e. The van der Waals surface area contributed by atoms with Crippen LogP contribution in [0.5, 0.6) is 0 Å². The molecule has 1 rings (SSSR count). The van der Waals surface area contributed by atoms with Gasteiger partial charge in [-0.1, -0.05) is 38.5 Å². The van der Waals surface area contributed by atoms with E-state index in [1.54, 1.807) is 0 Å². The quantitative estimate of drug-likeness (QED) is 0.556. The number of hydrogen-bond donors (Lipinski definition) is 0. The van der Waals surface area contributed by atoms with E-state index in [-0.39, 0.29) is 0 Å². The summed E-state index contributed by atoms with van der Waals surface area (Å²) in [6.07, 6.45) is 11.5. The first kappa shape index (κ1) is 11.0. The Balaban J connectivity index is 2.26. The lowest BCUT2D eigenvalue weighted by atomic mass is 10.1. The summed E-state index contributed by atoms with van der Waals surface area (Å²) in [7, 11) is 2.28. The van der Waals surface area contributed by atoms with E-state index in [1.165, 1.54) is 57.9 Å². The minimum Gasteiger partial charge on any atom is -0.304 e. The number of rotatable bonds is 0. The molecule has 0 bridgehead atoms. The van der Waals surface area contributed by atoms with Gasteiger partial charge in [-0.25, -0.2) is 0 Å². The van der Waals surface area contributed by atoms with Crippen molar-refractivity contribution >= 4 is 0 Å². The molecule has 0 aromatic heterocycles.